The number of aryl methyl sites for hydroxylation is 2. The smallest absolute Gasteiger partial charge is 0.265 e. The molecule has 0 spiro atoms. The summed E-state index contributed by atoms with van der Waals surface area (Å²) in [7, 11) is 1.71. The van der Waals surface area contributed by atoms with Crippen LogP contribution in [0.3, 0.4) is 0 Å². The largest absolute Gasteiger partial charge is 0.293 e. The minimum atomic E-state index is -0.102. The Morgan fingerprint density at radius 2 is 2.00 bits per heavy atom. The topological polar surface area (TPSA) is 52.7 Å². The zero-order valence-electron chi connectivity index (χ0n) is 12.1. The molecule has 4 rings (SSSR count). The molecule has 1 aromatic carbocycles. The fourth-order valence-corrected chi connectivity index (χ4v) is 2.80. The van der Waals surface area contributed by atoms with Gasteiger partial charge < -0.3 is 0 Å². The maximum atomic E-state index is 12.5. The fourth-order valence-electron chi connectivity index (χ4n) is 2.80. The number of nitrogens with zero attached hydrogens (tertiary/aromatic N) is 4. The molecule has 2 aromatic heterocycles. The van der Waals surface area contributed by atoms with Gasteiger partial charge in [-0.2, -0.15) is 10.2 Å². The maximum absolute atomic E-state index is 12.5. The first-order chi connectivity index (χ1) is 10.2. The van der Waals surface area contributed by atoms with Crippen molar-refractivity contribution in [3.63, 3.8) is 0 Å². The van der Waals surface area contributed by atoms with E-state index in [0.29, 0.717) is 11.4 Å². The van der Waals surface area contributed by atoms with Gasteiger partial charge in [0.2, 0.25) is 0 Å². The second kappa shape index (κ2) is 4.28. The van der Waals surface area contributed by atoms with E-state index in [1.807, 2.05) is 31.2 Å². The molecule has 21 heavy (non-hydrogen) atoms. The summed E-state index contributed by atoms with van der Waals surface area (Å²) in [6.07, 6.45) is 4.08. The van der Waals surface area contributed by atoms with Crippen LogP contribution in [0, 0.1) is 6.92 Å². The molecule has 0 N–H and O–H groups in total. The molecule has 0 aliphatic heterocycles. The predicted octanol–water partition coefficient (Wildman–Crippen LogP) is 2.31. The van der Waals surface area contributed by atoms with E-state index in [-0.39, 0.29) is 5.56 Å². The SMILES string of the molecule is Cc1ccccc1-n1ncc2c(C3CC3)nn(C)c(=O)c21. The van der Waals surface area contributed by atoms with Gasteiger partial charge in [-0.05, 0) is 31.4 Å². The van der Waals surface area contributed by atoms with Crippen molar-refractivity contribution in [1.82, 2.24) is 19.6 Å². The van der Waals surface area contributed by atoms with Crippen LogP contribution in [0.2, 0.25) is 0 Å². The highest BCUT2D eigenvalue weighted by Crippen LogP contribution is 2.41. The van der Waals surface area contributed by atoms with Crippen molar-refractivity contribution in [2.75, 3.05) is 0 Å². The number of rotatable bonds is 2. The molecule has 1 fully saturated rings. The molecule has 106 valence electrons. The van der Waals surface area contributed by atoms with Gasteiger partial charge >= 0.3 is 0 Å². The Morgan fingerprint density at radius 1 is 1.24 bits per heavy atom. The van der Waals surface area contributed by atoms with Crippen LogP contribution in [0.4, 0.5) is 0 Å². The first kappa shape index (κ1) is 12.3. The summed E-state index contributed by atoms with van der Waals surface area (Å²) < 4.78 is 3.19. The van der Waals surface area contributed by atoms with Crippen LogP contribution in [0.25, 0.3) is 16.6 Å². The van der Waals surface area contributed by atoms with Crippen LogP contribution in [0.5, 0.6) is 0 Å². The molecule has 1 saturated carbocycles. The van der Waals surface area contributed by atoms with Crippen molar-refractivity contribution in [2.24, 2.45) is 7.05 Å². The van der Waals surface area contributed by atoms with Crippen molar-refractivity contribution in [2.45, 2.75) is 25.7 Å². The third-order valence-electron chi connectivity index (χ3n) is 4.11. The molecule has 0 atom stereocenters. The zero-order valence-corrected chi connectivity index (χ0v) is 12.1. The van der Waals surface area contributed by atoms with E-state index < -0.39 is 0 Å². The molecular weight excluding hydrogens is 264 g/mol. The fraction of sp³-hybridized carbons (Fsp3) is 0.312. The lowest BCUT2D eigenvalue weighted by atomic mass is 10.2. The predicted molar refractivity (Wildman–Crippen MR) is 80.8 cm³/mol. The van der Waals surface area contributed by atoms with Gasteiger partial charge in [0.25, 0.3) is 5.56 Å². The number of benzene rings is 1. The number of fused-ring (bicyclic) bond motifs is 1. The number of hydrogen-bond donors (Lipinski definition) is 0. The molecule has 3 aromatic rings. The highest BCUT2D eigenvalue weighted by Gasteiger charge is 2.29. The van der Waals surface area contributed by atoms with E-state index in [4.69, 9.17) is 0 Å². The summed E-state index contributed by atoms with van der Waals surface area (Å²) in [5, 5.41) is 9.80. The first-order valence-corrected chi connectivity index (χ1v) is 7.18. The van der Waals surface area contributed by atoms with Crippen molar-refractivity contribution in [3.05, 3.63) is 52.1 Å². The van der Waals surface area contributed by atoms with E-state index in [2.05, 4.69) is 10.2 Å². The molecule has 0 bridgehead atoms. The minimum Gasteiger partial charge on any atom is -0.265 e. The molecule has 0 saturated heterocycles. The standard InChI is InChI=1S/C16H16N4O/c1-10-5-3-4-6-13(10)20-15-12(9-17-20)14(11-7-8-11)18-19(2)16(15)21/h3-6,9,11H,7-8H2,1-2H3. The van der Waals surface area contributed by atoms with Crippen LogP contribution >= 0.6 is 0 Å². The summed E-state index contributed by atoms with van der Waals surface area (Å²) in [6.45, 7) is 2.02. The monoisotopic (exact) mass is 280 g/mol. The Hall–Kier alpha value is -2.43. The first-order valence-electron chi connectivity index (χ1n) is 7.18. The third-order valence-corrected chi connectivity index (χ3v) is 4.11. The normalized spacial score (nSPS) is 14.8. The molecule has 2 heterocycles. The molecular formula is C16H16N4O. The van der Waals surface area contributed by atoms with E-state index in [1.54, 1.807) is 17.9 Å². The Morgan fingerprint density at radius 3 is 2.71 bits per heavy atom. The number of aromatic nitrogens is 4. The van der Waals surface area contributed by atoms with Crippen molar-refractivity contribution >= 4 is 10.9 Å². The Bertz CT molecular complexity index is 902. The molecule has 1 aliphatic rings. The third kappa shape index (κ3) is 1.81. The minimum absolute atomic E-state index is 0.102. The average molecular weight is 280 g/mol. The molecule has 0 radical (unpaired) electrons. The zero-order chi connectivity index (χ0) is 14.6. The van der Waals surface area contributed by atoms with Crippen LogP contribution < -0.4 is 5.56 Å². The van der Waals surface area contributed by atoms with Crippen LogP contribution in [-0.2, 0) is 7.05 Å². The van der Waals surface area contributed by atoms with Crippen molar-refractivity contribution in [1.29, 1.82) is 0 Å². The van der Waals surface area contributed by atoms with Gasteiger partial charge in [0, 0.05) is 18.4 Å². The summed E-state index contributed by atoms with van der Waals surface area (Å²) in [5.41, 5.74) is 3.57. The van der Waals surface area contributed by atoms with E-state index in [1.165, 1.54) is 4.68 Å². The Balaban J connectivity index is 2.08. The lowest BCUT2D eigenvalue weighted by molar-refractivity contribution is 0.687. The molecule has 5 nitrogen and oxygen atoms in total. The van der Waals surface area contributed by atoms with Gasteiger partial charge in [-0.1, -0.05) is 18.2 Å². The second-order valence-corrected chi connectivity index (χ2v) is 5.69. The van der Waals surface area contributed by atoms with Gasteiger partial charge in [-0.25, -0.2) is 9.36 Å². The van der Waals surface area contributed by atoms with Gasteiger partial charge in [0.05, 0.1) is 17.6 Å². The van der Waals surface area contributed by atoms with Gasteiger partial charge in [0.1, 0.15) is 5.52 Å². The summed E-state index contributed by atoms with van der Waals surface area (Å²) in [5.74, 6) is 0.480. The quantitative estimate of drug-likeness (QED) is 0.724. The Labute approximate surface area is 121 Å². The number of hydrogen-bond acceptors (Lipinski definition) is 3. The average Bonchev–Trinajstić information content (AvgIpc) is 3.22. The van der Waals surface area contributed by atoms with Crippen molar-refractivity contribution in [3.8, 4) is 5.69 Å². The van der Waals surface area contributed by atoms with Gasteiger partial charge in [-0.3, -0.25) is 4.79 Å². The van der Waals surface area contributed by atoms with E-state index >= 15 is 0 Å². The summed E-state index contributed by atoms with van der Waals surface area (Å²) >= 11 is 0. The highest BCUT2D eigenvalue weighted by atomic mass is 16.1. The maximum Gasteiger partial charge on any atom is 0.293 e. The lowest BCUT2D eigenvalue weighted by Crippen LogP contribution is -2.23. The van der Waals surface area contributed by atoms with Crippen LogP contribution in [0.1, 0.15) is 30.0 Å². The highest BCUT2D eigenvalue weighted by molar-refractivity contribution is 5.82. The molecule has 5 heteroatoms. The number of para-hydroxylation sites is 1. The Kier molecular flexibility index (Phi) is 2.51. The molecule has 0 unspecified atom stereocenters. The second-order valence-electron chi connectivity index (χ2n) is 5.69. The summed E-state index contributed by atoms with van der Waals surface area (Å²) in [6, 6.07) is 7.96. The lowest BCUT2D eigenvalue weighted by Gasteiger charge is -2.08. The van der Waals surface area contributed by atoms with Crippen LogP contribution in [0.15, 0.2) is 35.3 Å². The van der Waals surface area contributed by atoms with Gasteiger partial charge in [-0.15, -0.1) is 0 Å². The summed E-state index contributed by atoms with van der Waals surface area (Å²) in [4.78, 5) is 12.5. The van der Waals surface area contributed by atoms with E-state index in [0.717, 1.165) is 35.2 Å². The van der Waals surface area contributed by atoms with Crippen LogP contribution in [-0.4, -0.2) is 19.6 Å². The van der Waals surface area contributed by atoms with Gasteiger partial charge in [0.15, 0.2) is 0 Å². The molecule has 1 aliphatic carbocycles. The van der Waals surface area contributed by atoms with Crippen molar-refractivity contribution < 1.29 is 0 Å². The van der Waals surface area contributed by atoms with E-state index in [9.17, 15) is 4.79 Å². The molecule has 0 amide bonds.